The Morgan fingerprint density at radius 2 is 2.00 bits per heavy atom. The average molecular weight is 368 g/mol. The maximum atomic E-state index is 11.5. The van der Waals surface area contributed by atoms with Gasteiger partial charge in [-0.3, -0.25) is 4.79 Å². The van der Waals surface area contributed by atoms with Crippen molar-refractivity contribution in [3.63, 3.8) is 0 Å². The van der Waals surface area contributed by atoms with E-state index in [9.17, 15) is 4.79 Å². The minimum Gasteiger partial charge on any atom is -0.343 e. The van der Waals surface area contributed by atoms with Gasteiger partial charge in [-0.1, -0.05) is 17.7 Å². The second-order valence-electron chi connectivity index (χ2n) is 6.63. The standard InChI is InChI=1S/C18H26ClN3OS/c1-12(2)22(16-7-9-21(10-8-16)14(4)23)18(24)20-15-6-5-13(3)17(19)11-15/h5-6,11-12,16H,7-10H2,1-4H3,(H,20,24). The monoisotopic (exact) mass is 367 g/mol. The number of rotatable bonds is 3. The summed E-state index contributed by atoms with van der Waals surface area (Å²) in [6, 6.07) is 6.52. The number of carbonyl (C=O) groups is 1. The molecule has 1 aromatic carbocycles. The Kier molecular flexibility index (Phi) is 6.47. The maximum Gasteiger partial charge on any atom is 0.219 e. The molecule has 0 aromatic heterocycles. The number of anilines is 1. The van der Waals surface area contributed by atoms with Crippen LogP contribution in [0.3, 0.4) is 0 Å². The van der Waals surface area contributed by atoms with Gasteiger partial charge in [0.1, 0.15) is 0 Å². The third kappa shape index (κ3) is 4.61. The Morgan fingerprint density at radius 1 is 1.38 bits per heavy atom. The number of nitrogens with zero attached hydrogens (tertiary/aromatic N) is 2. The first-order valence-corrected chi connectivity index (χ1v) is 9.19. The topological polar surface area (TPSA) is 35.6 Å². The molecule has 24 heavy (non-hydrogen) atoms. The van der Waals surface area contributed by atoms with Crippen molar-refractivity contribution in [1.82, 2.24) is 9.80 Å². The molecule has 0 saturated carbocycles. The van der Waals surface area contributed by atoms with Gasteiger partial charge in [0.25, 0.3) is 0 Å². The van der Waals surface area contributed by atoms with Gasteiger partial charge in [-0.2, -0.15) is 0 Å². The molecule has 1 heterocycles. The molecule has 0 bridgehead atoms. The van der Waals surface area contributed by atoms with Crippen molar-refractivity contribution in [3.8, 4) is 0 Å². The van der Waals surface area contributed by atoms with Gasteiger partial charge in [0.15, 0.2) is 5.11 Å². The molecule has 0 radical (unpaired) electrons. The van der Waals surface area contributed by atoms with Crippen molar-refractivity contribution in [1.29, 1.82) is 0 Å². The zero-order chi connectivity index (χ0) is 17.9. The summed E-state index contributed by atoms with van der Waals surface area (Å²) in [5.74, 6) is 0.152. The molecular formula is C18H26ClN3OS. The van der Waals surface area contributed by atoms with E-state index in [-0.39, 0.29) is 5.91 Å². The Hall–Kier alpha value is -1.33. The van der Waals surface area contributed by atoms with Crippen LogP contribution in [0.15, 0.2) is 18.2 Å². The van der Waals surface area contributed by atoms with Crippen LogP contribution < -0.4 is 5.32 Å². The lowest BCUT2D eigenvalue weighted by Crippen LogP contribution is -2.52. The van der Waals surface area contributed by atoms with E-state index in [0.29, 0.717) is 17.2 Å². The number of benzene rings is 1. The minimum absolute atomic E-state index is 0.152. The molecule has 1 aliphatic heterocycles. The summed E-state index contributed by atoms with van der Waals surface area (Å²) in [5.41, 5.74) is 1.95. The van der Waals surface area contributed by atoms with Gasteiger partial charge in [-0.25, -0.2) is 0 Å². The first-order valence-electron chi connectivity index (χ1n) is 8.40. The van der Waals surface area contributed by atoms with Crippen molar-refractivity contribution in [2.75, 3.05) is 18.4 Å². The van der Waals surface area contributed by atoms with Gasteiger partial charge in [0, 0.05) is 42.8 Å². The Bertz CT molecular complexity index is 612. The van der Waals surface area contributed by atoms with Gasteiger partial charge in [-0.05, 0) is 63.5 Å². The lowest BCUT2D eigenvalue weighted by molar-refractivity contribution is -0.130. The normalized spacial score (nSPS) is 15.5. The summed E-state index contributed by atoms with van der Waals surface area (Å²) < 4.78 is 0. The van der Waals surface area contributed by atoms with Gasteiger partial charge < -0.3 is 15.1 Å². The number of likely N-dealkylation sites (tertiary alicyclic amines) is 1. The molecule has 4 nitrogen and oxygen atoms in total. The molecule has 2 rings (SSSR count). The lowest BCUT2D eigenvalue weighted by Gasteiger charge is -2.41. The highest BCUT2D eigenvalue weighted by atomic mass is 35.5. The number of hydrogen-bond donors (Lipinski definition) is 1. The average Bonchev–Trinajstić information content (AvgIpc) is 2.51. The van der Waals surface area contributed by atoms with E-state index in [1.165, 1.54) is 0 Å². The predicted molar refractivity (Wildman–Crippen MR) is 105 cm³/mol. The number of piperidine rings is 1. The molecule has 0 spiro atoms. The van der Waals surface area contributed by atoms with Gasteiger partial charge in [0.05, 0.1) is 0 Å². The van der Waals surface area contributed by atoms with Crippen LogP contribution >= 0.6 is 23.8 Å². The van der Waals surface area contributed by atoms with Crippen LogP contribution in [0.2, 0.25) is 5.02 Å². The third-order valence-corrected chi connectivity index (χ3v) is 5.24. The summed E-state index contributed by atoms with van der Waals surface area (Å²) in [6.45, 7) is 9.49. The first-order chi connectivity index (χ1) is 11.3. The summed E-state index contributed by atoms with van der Waals surface area (Å²) in [5, 5.41) is 4.76. The van der Waals surface area contributed by atoms with Crippen LogP contribution in [-0.2, 0) is 4.79 Å². The highest BCUT2D eigenvalue weighted by molar-refractivity contribution is 7.80. The fraction of sp³-hybridized carbons (Fsp3) is 0.556. The lowest BCUT2D eigenvalue weighted by atomic mass is 10.0. The third-order valence-electron chi connectivity index (χ3n) is 4.52. The summed E-state index contributed by atoms with van der Waals surface area (Å²) in [6.07, 6.45) is 1.88. The number of halogens is 1. The Balaban J connectivity index is 2.05. The van der Waals surface area contributed by atoms with Crippen molar-refractivity contribution >= 4 is 40.5 Å². The van der Waals surface area contributed by atoms with Gasteiger partial charge >= 0.3 is 0 Å². The summed E-state index contributed by atoms with van der Waals surface area (Å²) >= 11 is 11.9. The largest absolute Gasteiger partial charge is 0.343 e. The van der Waals surface area contributed by atoms with Crippen LogP contribution in [0.5, 0.6) is 0 Å². The molecule has 132 valence electrons. The fourth-order valence-electron chi connectivity index (χ4n) is 3.14. The smallest absolute Gasteiger partial charge is 0.219 e. The van der Waals surface area contributed by atoms with Crippen LogP contribution in [-0.4, -0.2) is 46.0 Å². The molecule has 1 fully saturated rings. The molecule has 1 aromatic rings. The van der Waals surface area contributed by atoms with E-state index in [2.05, 4.69) is 24.1 Å². The van der Waals surface area contributed by atoms with Crippen LogP contribution in [0.1, 0.15) is 39.2 Å². The molecule has 0 atom stereocenters. The van der Waals surface area contributed by atoms with E-state index in [1.54, 1.807) is 6.92 Å². The van der Waals surface area contributed by atoms with Gasteiger partial charge in [-0.15, -0.1) is 0 Å². The van der Waals surface area contributed by atoms with E-state index >= 15 is 0 Å². The molecular weight excluding hydrogens is 342 g/mol. The molecule has 0 unspecified atom stereocenters. The highest BCUT2D eigenvalue weighted by Gasteiger charge is 2.28. The molecule has 6 heteroatoms. The second-order valence-corrected chi connectivity index (χ2v) is 7.43. The van der Waals surface area contributed by atoms with Crippen LogP contribution in [0.25, 0.3) is 0 Å². The maximum absolute atomic E-state index is 11.5. The molecule has 1 N–H and O–H groups in total. The summed E-state index contributed by atoms with van der Waals surface area (Å²) in [4.78, 5) is 15.7. The fourth-order valence-corrected chi connectivity index (χ4v) is 3.80. The minimum atomic E-state index is 0.152. The molecule has 0 aliphatic carbocycles. The number of carbonyl (C=O) groups excluding carboxylic acids is 1. The van der Waals surface area contributed by atoms with Crippen molar-refractivity contribution in [2.24, 2.45) is 0 Å². The van der Waals surface area contributed by atoms with E-state index in [4.69, 9.17) is 23.8 Å². The zero-order valence-electron chi connectivity index (χ0n) is 14.8. The first kappa shape index (κ1) is 19.0. The highest BCUT2D eigenvalue weighted by Crippen LogP contribution is 2.23. The van der Waals surface area contributed by atoms with Gasteiger partial charge in [0.2, 0.25) is 5.91 Å². The summed E-state index contributed by atoms with van der Waals surface area (Å²) in [7, 11) is 0. The number of aryl methyl sites for hydroxylation is 1. The van der Waals surface area contributed by atoms with E-state index in [1.807, 2.05) is 30.0 Å². The predicted octanol–water partition coefficient (Wildman–Crippen LogP) is 4.07. The Morgan fingerprint density at radius 3 is 2.50 bits per heavy atom. The molecule has 1 amide bonds. The number of hydrogen-bond acceptors (Lipinski definition) is 2. The molecule has 1 aliphatic rings. The number of amides is 1. The molecule has 1 saturated heterocycles. The Labute approximate surface area is 155 Å². The zero-order valence-corrected chi connectivity index (χ0v) is 16.4. The van der Waals surface area contributed by atoms with Crippen molar-refractivity contribution in [2.45, 2.75) is 52.6 Å². The van der Waals surface area contributed by atoms with Crippen molar-refractivity contribution < 1.29 is 4.79 Å². The van der Waals surface area contributed by atoms with E-state index in [0.717, 1.165) is 42.2 Å². The second kappa shape index (κ2) is 8.17. The SMILES string of the molecule is CC(=O)N1CCC(N(C(=S)Nc2ccc(C)c(Cl)c2)C(C)C)CC1. The quantitative estimate of drug-likeness (QED) is 0.817. The van der Waals surface area contributed by atoms with E-state index < -0.39 is 0 Å². The number of nitrogens with one attached hydrogen (secondary N) is 1. The van der Waals surface area contributed by atoms with Crippen molar-refractivity contribution in [3.05, 3.63) is 28.8 Å². The number of thiocarbonyl (C=S) groups is 1. The van der Waals surface area contributed by atoms with Crippen LogP contribution in [0.4, 0.5) is 5.69 Å². The van der Waals surface area contributed by atoms with Crippen LogP contribution in [0, 0.1) is 6.92 Å².